The number of ether oxygens (including phenoxy) is 2. The molecule has 0 saturated heterocycles. The minimum atomic E-state index is -0.707. The summed E-state index contributed by atoms with van der Waals surface area (Å²) in [6.07, 6.45) is 3.44. The number of nitrogens with one attached hydrogen (secondary N) is 2. The quantitative estimate of drug-likeness (QED) is 0.542. The number of methoxy groups -OCH3 is 1. The van der Waals surface area contributed by atoms with Gasteiger partial charge in [0.15, 0.2) is 6.61 Å². The Kier molecular flexibility index (Phi) is 8.56. The van der Waals surface area contributed by atoms with Crippen molar-refractivity contribution in [2.24, 2.45) is 0 Å². The number of halogens is 1. The molecule has 0 fully saturated rings. The van der Waals surface area contributed by atoms with Crippen molar-refractivity contribution in [1.29, 1.82) is 0 Å². The lowest BCUT2D eigenvalue weighted by Gasteiger charge is -2.06. The van der Waals surface area contributed by atoms with Crippen LogP contribution in [0.3, 0.4) is 0 Å². The third-order valence-electron chi connectivity index (χ3n) is 2.72. The van der Waals surface area contributed by atoms with E-state index < -0.39 is 24.5 Å². The summed E-state index contributed by atoms with van der Waals surface area (Å²) < 4.78 is 10.8. The second kappa shape index (κ2) is 10.4. The highest BCUT2D eigenvalue weighted by atomic mass is 79.9. The molecule has 0 saturated carbocycles. The lowest BCUT2D eigenvalue weighted by Crippen LogP contribution is -2.41. The van der Waals surface area contributed by atoms with Crippen LogP contribution in [0.25, 0.3) is 6.08 Å². The highest BCUT2D eigenvalue weighted by Crippen LogP contribution is 2.24. The van der Waals surface area contributed by atoms with E-state index in [0.29, 0.717) is 17.9 Å². The van der Waals surface area contributed by atoms with E-state index in [1.165, 1.54) is 19.3 Å². The highest BCUT2D eigenvalue weighted by molar-refractivity contribution is 9.10. The number of hydrogen-bond acceptors (Lipinski definition) is 5. The maximum absolute atomic E-state index is 11.6. The van der Waals surface area contributed by atoms with Crippen molar-refractivity contribution in [2.45, 2.75) is 13.3 Å². The largest absolute Gasteiger partial charge is 0.496 e. The average molecular weight is 399 g/mol. The Morgan fingerprint density at radius 1 is 1.29 bits per heavy atom. The van der Waals surface area contributed by atoms with Crippen molar-refractivity contribution in [3.8, 4) is 5.75 Å². The molecule has 1 rings (SSSR count). The third-order valence-corrected chi connectivity index (χ3v) is 3.22. The SMILES string of the molecule is CCCNC(=O)NC(=O)COC(=O)/C=C/c1cc(Br)ccc1OC. The van der Waals surface area contributed by atoms with Crippen molar-refractivity contribution in [2.75, 3.05) is 20.3 Å². The molecule has 0 atom stereocenters. The second-order valence-corrected chi connectivity index (χ2v) is 5.55. The molecule has 0 heterocycles. The fourth-order valence-corrected chi connectivity index (χ4v) is 2.00. The Balaban J connectivity index is 2.47. The topological polar surface area (TPSA) is 93.7 Å². The molecule has 24 heavy (non-hydrogen) atoms. The molecular formula is C16H19BrN2O5. The first kappa shape index (κ1) is 19.7. The van der Waals surface area contributed by atoms with Gasteiger partial charge in [-0.2, -0.15) is 0 Å². The van der Waals surface area contributed by atoms with Gasteiger partial charge in [0.25, 0.3) is 5.91 Å². The van der Waals surface area contributed by atoms with Crippen LogP contribution in [0.15, 0.2) is 28.7 Å². The molecule has 1 aromatic carbocycles. The number of carbonyl (C=O) groups is 3. The molecule has 0 aliphatic rings. The van der Waals surface area contributed by atoms with Crippen LogP contribution in [0.4, 0.5) is 4.79 Å². The highest BCUT2D eigenvalue weighted by Gasteiger charge is 2.09. The number of imide groups is 1. The molecule has 0 bridgehead atoms. The standard InChI is InChI=1S/C16H19BrN2O5/c1-3-8-18-16(22)19-14(20)10-24-15(21)7-4-11-9-12(17)5-6-13(11)23-2/h4-7,9H,3,8,10H2,1-2H3,(H2,18,19,20,22)/b7-4+. The number of urea groups is 1. The molecule has 0 spiro atoms. The van der Waals surface area contributed by atoms with Crippen molar-refractivity contribution in [3.63, 3.8) is 0 Å². The fourth-order valence-electron chi connectivity index (χ4n) is 1.62. The van der Waals surface area contributed by atoms with E-state index >= 15 is 0 Å². The number of hydrogen-bond donors (Lipinski definition) is 2. The lowest BCUT2D eigenvalue weighted by molar-refractivity contribution is -0.143. The molecule has 7 nitrogen and oxygen atoms in total. The van der Waals surface area contributed by atoms with Crippen LogP contribution in [0.1, 0.15) is 18.9 Å². The van der Waals surface area contributed by atoms with Crippen LogP contribution < -0.4 is 15.4 Å². The fraction of sp³-hybridized carbons (Fsp3) is 0.312. The van der Waals surface area contributed by atoms with Gasteiger partial charge in [0.2, 0.25) is 0 Å². The number of carbonyl (C=O) groups excluding carboxylic acids is 3. The van der Waals surface area contributed by atoms with E-state index in [0.717, 1.165) is 10.9 Å². The number of esters is 1. The Hall–Kier alpha value is -2.35. The van der Waals surface area contributed by atoms with Crippen molar-refractivity contribution < 1.29 is 23.9 Å². The predicted molar refractivity (Wildman–Crippen MR) is 92.5 cm³/mol. The first-order valence-electron chi connectivity index (χ1n) is 7.22. The van der Waals surface area contributed by atoms with Gasteiger partial charge in [0.1, 0.15) is 5.75 Å². The minimum absolute atomic E-state index is 0.454. The third kappa shape index (κ3) is 7.28. The molecule has 3 amide bonds. The predicted octanol–water partition coefficient (Wildman–Crippen LogP) is 2.25. The maximum atomic E-state index is 11.6. The minimum Gasteiger partial charge on any atom is -0.496 e. The molecule has 0 aliphatic heterocycles. The van der Waals surface area contributed by atoms with E-state index in [2.05, 4.69) is 26.6 Å². The summed E-state index contributed by atoms with van der Waals surface area (Å²) >= 11 is 3.33. The Morgan fingerprint density at radius 3 is 2.71 bits per heavy atom. The summed E-state index contributed by atoms with van der Waals surface area (Å²) in [6.45, 7) is 1.80. The van der Waals surface area contributed by atoms with Gasteiger partial charge < -0.3 is 14.8 Å². The summed E-state index contributed by atoms with van der Waals surface area (Å²) in [5.41, 5.74) is 0.673. The summed E-state index contributed by atoms with van der Waals surface area (Å²) in [5, 5.41) is 4.52. The van der Waals surface area contributed by atoms with Gasteiger partial charge in [0.05, 0.1) is 7.11 Å². The van der Waals surface area contributed by atoms with Crippen LogP contribution in [0.5, 0.6) is 5.75 Å². The van der Waals surface area contributed by atoms with Crippen molar-refractivity contribution in [1.82, 2.24) is 10.6 Å². The van der Waals surface area contributed by atoms with Crippen molar-refractivity contribution >= 4 is 39.9 Å². The van der Waals surface area contributed by atoms with E-state index in [4.69, 9.17) is 9.47 Å². The molecule has 130 valence electrons. The van der Waals surface area contributed by atoms with Gasteiger partial charge in [-0.15, -0.1) is 0 Å². The van der Waals surface area contributed by atoms with Crippen LogP contribution in [-0.4, -0.2) is 38.2 Å². The van der Waals surface area contributed by atoms with Gasteiger partial charge in [-0.25, -0.2) is 9.59 Å². The van der Waals surface area contributed by atoms with Gasteiger partial charge in [-0.3, -0.25) is 10.1 Å². The summed E-state index contributed by atoms with van der Waals surface area (Å²) in [4.78, 5) is 34.3. The molecule has 0 aliphatic carbocycles. The lowest BCUT2D eigenvalue weighted by atomic mass is 10.2. The molecule has 8 heteroatoms. The van der Waals surface area contributed by atoms with Crippen LogP contribution in [-0.2, 0) is 14.3 Å². The smallest absolute Gasteiger partial charge is 0.331 e. The van der Waals surface area contributed by atoms with Crippen LogP contribution in [0.2, 0.25) is 0 Å². The normalized spacial score (nSPS) is 10.3. The summed E-state index contributed by atoms with van der Waals surface area (Å²) in [6, 6.07) is 4.71. The Morgan fingerprint density at radius 2 is 2.04 bits per heavy atom. The van der Waals surface area contributed by atoms with E-state index in [-0.39, 0.29) is 0 Å². The second-order valence-electron chi connectivity index (χ2n) is 4.63. The van der Waals surface area contributed by atoms with E-state index in [9.17, 15) is 14.4 Å². The van der Waals surface area contributed by atoms with Gasteiger partial charge in [-0.05, 0) is 30.7 Å². The van der Waals surface area contributed by atoms with Gasteiger partial charge in [-0.1, -0.05) is 22.9 Å². The van der Waals surface area contributed by atoms with Crippen LogP contribution >= 0.6 is 15.9 Å². The molecule has 0 radical (unpaired) electrons. The number of amides is 3. The van der Waals surface area contributed by atoms with Gasteiger partial charge >= 0.3 is 12.0 Å². The first-order chi connectivity index (χ1) is 11.5. The molecule has 0 aromatic heterocycles. The van der Waals surface area contributed by atoms with E-state index in [1.807, 2.05) is 13.0 Å². The monoisotopic (exact) mass is 398 g/mol. The Labute approximate surface area is 148 Å². The average Bonchev–Trinajstić information content (AvgIpc) is 2.56. The molecule has 0 unspecified atom stereocenters. The summed E-state index contributed by atoms with van der Waals surface area (Å²) in [5.74, 6) is -0.820. The zero-order chi connectivity index (χ0) is 17.9. The zero-order valence-corrected chi connectivity index (χ0v) is 15.0. The number of rotatable bonds is 7. The van der Waals surface area contributed by atoms with Crippen LogP contribution in [0, 0.1) is 0 Å². The first-order valence-corrected chi connectivity index (χ1v) is 8.01. The van der Waals surface area contributed by atoms with Gasteiger partial charge in [0, 0.05) is 22.7 Å². The molecular weight excluding hydrogens is 380 g/mol. The number of benzene rings is 1. The Bertz CT molecular complexity index is 631. The molecule has 2 N–H and O–H groups in total. The zero-order valence-electron chi connectivity index (χ0n) is 13.4. The van der Waals surface area contributed by atoms with Crippen molar-refractivity contribution in [3.05, 3.63) is 34.3 Å². The maximum Gasteiger partial charge on any atom is 0.331 e. The van der Waals surface area contributed by atoms with E-state index in [1.54, 1.807) is 12.1 Å². The molecule has 1 aromatic rings. The summed E-state index contributed by atoms with van der Waals surface area (Å²) in [7, 11) is 1.52.